The summed E-state index contributed by atoms with van der Waals surface area (Å²) in [4.78, 5) is 10.2. The van der Waals surface area contributed by atoms with Crippen LogP contribution in [0, 0.1) is 21.4 Å². The lowest BCUT2D eigenvalue weighted by Gasteiger charge is -2.09. The lowest BCUT2D eigenvalue weighted by atomic mass is 10.2. The number of non-ortho nitro benzene ring substituents is 1. The molecule has 0 saturated carbocycles. The average Bonchev–Trinajstić information content (AvgIpc) is 2.48. The first-order valence-electron chi connectivity index (χ1n) is 5.65. The normalized spacial score (nSPS) is 9.80. The molecule has 0 bridgehead atoms. The van der Waals surface area contributed by atoms with Crippen molar-refractivity contribution in [1.29, 1.82) is 5.26 Å². The molecule has 2 aromatic rings. The molecule has 0 unspecified atom stereocenters. The number of nitriles is 1. The van der Waals surface area contributed by atoms with E-state index in [4.69, 9.17) is 21.6 Å². The SMILES string of the molecule is N#Cc1ccc(Oc2ccc([N+](=O)[O-])cc2CCl)cc1. The average molecular weight is 289 g/mol. The highest BCUT2D eigenvalue weighted by Gasteiger charge is 2.11. The molecule has 0 N–H and O–H groups in total. The van der Waals surface area contributed by atoms with E-state index in [1.54, 1.807) is 24.3 Å². The Labute approximate surface area is 120 Å². The molecule has 0 radical (unpaired) electrons. The van der Waals surface area contributed by atoms with Crippen molar-refractivity contribution in [1.82, 2.24) is 0 Å². The number of alkyl halides is 1. The summed E-state index contributed by atoms with van der Waals surface area (Å²) in [7, 11) is 0. The maximum atomic E-state index is 10.7. The third kappa shape index (κ3) is 3.05. The summed E-state index contributed by atoms with van der Waals surface area (Å²) in [6, 6.07) is 12.8. The molecule has 0 aliphatic heterocycles. The fraction of sp³-hybridized carbons (Fsp3) is 0.0714. The van der Waals surface area contributed by atoms with Crippen LogP contribution in [-0.4, -0.2) is 4.92 Å². The first-order chi connectivity index (χ1) is 9.63. The van der Waals surface area contributed by atoms with Crippen LogP contribution in [0.15, 0.2) is 42.5 Å². The topological polar surface area (TPSA) is 76.2 Å². The first-order valence-corrected chi connectivity index (χ1v) is 6.19. The van der Waals surface area contributed by atoms with Gasteiger partial charge in [-0.2, -0.15) is 5.26 Å². The Morgan fingerprint density at radius 3 is 2.50 bits per heavy atom. The molecule has 0 heterocycles. The number of nitro benzene ring substituents is 1. The third-order valence-corrected chi connectivity index (χ3v) is 2.90. The molecular formula is C14H9ClN2O3. The molecule has 0 fully saturated rings. The number of rotatable bonds is 4. The van der Waals surface area contributed by atoms with Gasteiger partial charge >= 0.3 is 0 Å². The van der Waals surface area contributed by atoms with Gasteiger partial charge in [0.25, 0.3) is 5.69 Å². The van der Waals surface area contributed by atoms with Crippen LogP contribution in [0.5, 0.6) is 11.5 Å². The van der Waals surface area contributed by atoms with Crippen LogP contribution >= 0.6 is 11.6 Å². The van der Waals surface area contributed by atoms with E-state index in [1.807, 2.05) is 6.07 Å². The second-order valence-corrected chi connectivity index (χ2v) is 4.19. The van der Waals surface area contributed by atoms with Crippen molar-refractivity contribution >= 4 is 17.3 Å². The van der Waals surface area contributed by atoms with E-state index in [0.29, 0.717) is 22.6 Å². The van der Waals surface area contributed by atoms with Crippen molar-refractivity contribution in [3.63, 3.8) is 0 Å². The Morgan fingerprint density at radius 2 is 1.95 bits per heavy atom. The summed E-state index contributed by atoms with van der Waals surface area (Å²) in [6.07, 6.45) is 0. The maximum Gasteiger partial charge on any atom is 0.270 e. The summed E-state index contributed by atoms with van der Waals surface area (Å²) in [6.45, 7) is 0. The zero-order chi connectivity index (χ0) is 14.5. The van der Waals surface area contributed by atoms with Gasteiger partial charge in [0.1, 0.15) is 11.5 Å². The van der Waals surface area contributed by atoms with Gasteiger partial charge in [0.15, 0.2) is 0 Å². The Balaban J connectivity index is 2.28. The third-order valence-electron chi connectivity index (χ3n) is 2.61. The number of benzene rings is 2. The van der Waals surface area contributed by atoms with Gasteiger partial charge in [-0.3, -0.25) is 10.1 Å². The van der Waals surface area contributed by atoms with E-state index in [2.05, 4.69) is 0 Å². The molecule has 0 aliphatic carbocycles. The Kier molecular flexibility index (Phi) is 4.18. The standard InChI is InChI=1S/C14H9ClN2O3/c15-8-11-7-12(17(18)19)3-6-14(11)20-13-4-1-10(9-16)2-5-13/h1-7H,8H2. The molecule has 2 aromatic carbocycles. The fourth-order valence-corrected chi connectivity index (χ4v) is 1.82. The molecule has 0 atom stereocenters. The Morgan fingerprint density at radius 1 is 1.25 bits per heavy atom. The number of halogens is 1. The summed E-state index contributed by atoms with van der Waals surface area (Å²) in [5, 5.41) is 19.4. The minimum absolute atomic E-state index is 0.0344. The number of nitrogens with zero attached hydrogens (tertiary/aromatic N) is 2. The zero-order valence-electron chi connectivity index (χ0n) is 10.2. The monoisotopic (exact) mass is 288 g/mol. The van der Waals surface area contributed by atoms with Crippen LogP contribution in [0.1, 0.15) is 11.1 Å². The largest absolute Gasteiger partial charge is 0.457 e. The van der Waals surface area contributed by atoms with Crippen molar-refractivity contribution in [3.8, 4) is 17.6 Å². The summed E-state index contributed by atoms with van der Waals surface area (Å²) in [5.41, 5.74) is 1.02. The van der Waals surface area contributed by atoms with Crippen LogP contribution in [0.3, 0.4) is 0 Å². The highest BCUT2D eigenvalue weighted by Crippen LogP contribution is 2.29. The molecule has 100 valence electrons. The zero-order valence-corrected chi connectivity index (χ0v) is 11.0. The molecule has 0 spiro atoms. The smallest absolute Gasteiger partial charge is 0.270 e. The van der Waals surface area contributed by atoms with Gasteiger partial charge in [0.05, 0.1) is 22.4 Å². The van der Waals surface area contributed by atoms with E-state index in [-0.39, 0.29) is 11.6 Å². The van der Waals surface area contributed by atoms with E-state index in [1.165, 1.54) is 18.2 Å². The van der Waals surface area contributed by atoms with Crippen LogP contribution in [-0.2, 0) is 5.88 Å². The number of hydrogen-bond donors (Lipinski definition) is 0. The van der Waals surface area contributed by atoms with Gasteiger partial charge in [-0.1, -0.05) is 0 Å². The van der Waals surface area contributed by atoms with Crippen LogP contribution < -0.4 is 4.74 Å². The van der Waals surface area contributed by atoms with Crippen molar-refractivity contribution in [3.05, 3.63) is 63.7 Å². The van der Waals surface area contributed by atoms with Gasteiger partial charge in [0.2, 0.25) is 0 Å². The van der Waals surface area contributed by atoms with Gasteiger partial charge in [0, 0.05) is 17.7 Å². The minimum atomic E-state index is -0.485. The van der Waals surface area contributed by atoms with Crippen molar-refractivity contribution in [2.75, 3.05) is 0 Å². The molecule has 0 aliphatic rings. The minimum Gasteiger partial charge on any atom is -0.457 e. The van der Waals surface area contributed by atoms with Crippen LogP contribution in [0.2, 0.25) is 0 Å². The summed E-state index contributed by atoms with van der Waals surface area (Å²) < 4.78 is 5.62. The van der Waals surface area contributed by atoms with Crippen molar-refractivity contribution < 1.29 is 9.66 Å². The molecular weight excluding hydrogens is 280 g/mol. The molecule has 0 aromatic heterocycles. The predicted octanol–water partition coefficient (Wildman–Crippen LogP) is 4.00. The van der Waals surface area contributed by atoms with Crippen LogP contribution in [0.25, 0.3) is 0 Å². The first kappa shape index (κ1) is 13.8. The fourth-order valence-electron chi connectivity index (χ4n) is 1.61. The van der Waals surface area contributed by atoms with E-state index < -0.39 is 4.92 Å². The second-order valence-electron chi connectivity index (χ2n) is 3.92. The van der Waals surface area contributed by atoms with E-state index in [9.17, 15) is 10.1 Å². The predicted molar refractivity (Wildman–Crippen MR) is 73.9 cm³/mol. The number of ether oxygens (including phenoxy) is 1. The molecule has 0 amide bonds. The maximum absolute atomic E-state index is 10.7. The molecule has 5 nitrogen and oxygen atoms in total. The Bertz CT molecular complexity index is 678. The Hall–Kier alpha value is -2.58. The number of hydrogen-bond acceptors (Lipinski definition) is 4. The van der Waals surface area contributed by atoms with Crippen molar-refractivity contribution in [2.45, 2.75) is 5.88 Å². The van der Waals surface area contributed by atoms with Crippen LogP contribution in [0.4, 0.5) is 5.69 Å². The van der Waals surface area contributed by atoms with Gasteiger partial charge in [-0.05, 0) is 30.3 Å². The van der Waals surface area contributed by atoms with Gasteiger partial charge < -0.3 is 4.74 Å². The number of nitro groups is 1. The molecule has 20 heavy (non-hydrogen) atoms. The molecule has 0 saturated heterocycles. The van der Waals surface area contributed by atoms with E-state index >= 15 is 0 Å². The second kappa shape index (κ2) is 6.04. The highest BCUT2D eigenvalue weighted by molar-refractivity contribution is 6.17. The molecule has 6 heteroatoms. The quantitative estimate of drug-likeness (QED) is 0.484. The highest BCUT2D eigenvalue weighted by atomic mass is 35.5. The van der Waals surface area contributed by atoms with E-state index in [0.717, 1.165) is 0 Å². The van der Waals surface area contributed by atoms with Gasteiger partial charge in [-0.25, -0.2) is 0 Å². The lowest BCUT2D eigenvalue weighted by molar-refractivity contribution is -0.384. The molecule has 2 rings (SSSR count). The summed E-state index contributed by atoms with van der Waals surface area (Å²) in [5.74, 6) is 1.09. The lowest BCUT2D eigenvalue weighted by Crippen LogP contribution is -1.93. The van der Waals surface area contributed by atoms with Crippen molar-refractivity contribution in [2.24, 2.45) is 0 Å². The van der Waals surface area contributed by atoms with Gasteiger partial charge in [-0.15, -0.1) is 11.6 Å². The summed E-state index contributed by atoms with van der Waals surface area (Å²) >= 11 is 5.78.